The molecule has 0 aromatic carbocycles. The van der Waals surface area contributed by atoms with E-state index in [-0.39, 0.29) is 0 Å². The molecule has 0 atom stereocenters. The third kappa shape index (κ3) is 1.31. The number of rotatable bonds is 0. The summed E-state index contributed by atoms with van der Waals surface area (Å²) in [5.74, 6) is 0. The van der Waals surface area contributed by atoms with Crippen LogP contribution in [-0.4, -0.2) is 46.4 Å². The van der Waals surface area contributed by atoms with Crippen LogP contribution in [0.15, 0.2) is 0 Å². The van der Waals surface area contributed by atoms with Crippen LogP contribution >= 0.6 is 0 Å². The van der Waals surface area contributed by atoms with Crippen LogP contribution in [0.3, 0.4) is 0 Å². The molecule has 0 bridgehead atoms. The Morgan fingerprint density at radius 3 is 1.80 bits per heavy atom. The zero-order chi connectivity index (χ0) is 7.78. The summed E-state index contributed by atoms with van der Waals surface area (Å²) < 4.78 is 5.08. The fourth-order valence-electron chi connectivity index (χ4n) is 1.38. The number of hydrogen-bond donors (Lipinski definition) is 0. The fraction of sp³-hybridized carbons (Fsp3) is 1.00. The molecule has 0 amide bonds. The van der Waals surface area contributed by atoms with E-state index in [2.05, 4.69) is 38.0 Å². The van der Waals surface area contributed by atoms with Crippen molar-refractivity contribution in [1.82, 2.24) is 8.95 Å². The van der Waals surface area contributed by atoms with E-state index in [4.69, 9.17) is 0 Å². The number of hydrogen-bond acceptors (Lipinski definition) is 2. The van der Waals surface area contributed by atoms with Crippen molar-refractivity contribution in [3.63, 3.8) is 0 Å². The SMILES string of the molecule is BN1CCCN(B)[Si]1(C)C. The van der Waals surface area contributed by atoms with Crippen molar-refractivity contribution in [1.29, 1.82) is 0 Å². The van der Waals surface area contributed by atoms with Crippen molar-refractivity contribution in [2.75, 3.05) is 13.1 Å². The summed E-state index contributed by atoms with van der Waals surface area (Å²) in [5, 5.41) is 0. The third-order valence-electron chi connectivity index (χ3n) is 2.86. The Balaban J connectivity index is 2.63. The number of nitrogens with zero attached hydrogens (tertiary/aromatic N) is 2. The van der Waals surface area contributed by atoms with Crippen LogP contribution < -0.4 is 0 Å². The van der Waals surface area contributed by atoms with Crippen LogP contribution in [0.2, 0.25) is 13.1 Å². The molecule has 1 aliphatic heterocycles. The van der Waals surface area contributed by atoms with Gasteiger partial charge in [-0.1, -0.05) is 0 Å². The Bertz CT molecular complexity index is 119. The molecular formula is C5H16B2N2Si. The highest BCUT2D eigenvalue weighted by atomic mass is 28.3. The van der Waals surface area contributed by atoms with E-state index in [0.717, 1.165) is 0 Å². The smallest absolute Gasteiger partial charge is 0.178 e. The van der Waals surface area contributed by atoms with Crippen LogP contribution in [-0.2, 0) is 0 Å². The van der Waals surface area contributed by atoms with Crippen molar-refractivity contribution in [2.45, 2.75) is 19.5 Å². The summed E-state index contributed by atoms with van der Waals surface area (Å²) in [7, 11) is 3.37. The standard InChI is InChI=1S/C5H16B2N2Si/c1-10(2)8(6)4-3-5-9(10)7/h3-7H2,1-2H3. The molecule has 56 valence electrons. The van der Waals surface area contributed by atoms with Gasteiger partial charge in [0.05, 0.1) is 0 Å². The summed E-state index contributed by atoms with van der Waals surface area (Å²) in [6.07, 6.45) is 1.34. The topological polar surface area (TPSA) is 6.48 Å². The minimum Gasteiger partial charge on any atom is -0.359 e. The molecule has 0 saturated carbocycles. The van der Waals surface area contributed by atoms with Gasteiger partial charge in [0.25, 0.3) is 0 Å². The molecule has 2 nitrogen and oxygen atoms in total. The molecular weight excluding hydrogens is 138 g/mol. The van der Waals surface area contributed by atoms with Gasteiger partial charge >= 0.3 is 0 Å². The van der Waals surface area contributed by atoms with E-state index in [1.807, 2.05) is 0 Å². The minimum absolute atomic E-state index is 1.13. The van der Waals surface area contributed by atoms with Crippen molar-refractivity contribution in [2.24, 2.45) is 0 Å². The van der Waals surface area contributed by atoms with E-state index in [0.29, 0.717) is 0 Å². The van der Waals surface area contributed by atoms with Gasteiger partial charge in [-0.05, 0) is 32.6 Å². The van der Waals surface area contributed by atoms with Gasteiger partial charge in [0.15, 0.2) is 24.4 Å². The Labute approximate surface area is 66.6 Å². The van der Waals surface area contributed by atoms with Gasteiger partial charge in [-0.15, -0.1) is 0 Å². The van der Waals surface area contributed by atoms with E-state index in [1.165, 1.54) is 19.5 Å². The van der Waals surface area contributed by atoms with Crippen molar-refractivity contribution < 1.29 is 0 Å². The van der Waals surface area contributed by atoms with Crippen molar-refractivity contribution >= 4 is 24.4 Å². The van der Waals surface area contributed by atoms with Crippen molar-refractivity contribution in [3.05, 3.63) is 0 Å². The lowest BCUT2D eigenvalue weighted by molar-refractivity contribution is 0.449. The first-order valence-corrected chi connectivity index (χ1v) is 6.87. The lowest BCUT2D eigenvalue weighted by Gasteiger charge is -2.46. The monoisotopic (exact) mass is 154 g/mol. The maximum atomic E-state index is 2.54. The second kappa shape index (κ2) is 2.72. The van der Waals surface area contributed by atoms with Crippen molar-refractivity contribution in [3.8, 4) is 0 Å². The highest BCUT2D eigenvalue weighted by Crippen LogP contribution is 2.16. The summed E-state index contributed by atoms with van der Waals surface area (Å²) >= 11 is 0. The lowest BCUT2D eigenvalue weighted by atomic mass is 10.3. The lowest BCUT2D eigenvalue weighted by Crippen LogP contribution is -2.63. The van der Waals surface area contributed by atoms with Gasteiger partial charge in [0, 0.05) is 0 Å². The second-order valence-electron chi connectivity index (χ2n) is 3.69. The highest BCUT2D eigenvalue weighted by Gasteiger charge is 2.33. The van der Waals surface area contributed by atoms with Gasteiger partial charge in [-0.3, -0.25) is 0 Å². The molecule has 0 aromatic rings. The zero-order valence-electron chi connectivity index (χ0n) is 7.52. The Hall–Kier alpha value is 0.267. The molecule has 0 spiro atoms. The van der Waals surface area contributed by atoms with Crippen LogP contribution in [0.25, 0.3) is 0 Å². The first-order chi connectivity index (χ1) is 4.55. The second-order valence-corrected chi connectivity index (χ2v) is 8.21. The van der Waals surface area contributed by atoms with Crippen LogP contribution in [0.4, 0.5) is 0 Å². The normalized spacial score (nSPS) is 28.6. The molecule has 1 aliphatic rings. The predicted octanol–water partition coefficient (Wildman–Crippen LogP) is -1.21. The van der Waals surface area contributed by atoms with Crippen LogP contribution in [0.1, 0.15) is 6.42 Å². The average molecular weight is 154 g/mol. The van der Waals surface area contributed by atoms with Crippen LogP contribution in [0, 0.1) is 0 Å². The van der Waals surface area contributed by atoms with E-state index < -0.39 is 8.40 Å². The molecule has 10 heavy (non-hydrogen) atoms. The van der Waals surface area contributed by atoms with Gasteiger partial charge in [-0.25, -0.2) is 0 Å². The van der Waals surface area contributed by atoms with Gasteiger partial charge in [0.2, 0.25) is 0 Å². The molecule has 1 saturated heterocycles. The quantitative estimate of drug-likeness (QED) is 0.404. The molecule has 0 radical (unpaired) electrons. The Morgan fingerprint density at radius 2 is 1.50 bits per heavy atom. The Kier molecular flexibility index (Phi) is 2.27. The Morgan fingerprint density at radius 1 is 1.10 bits per heavy atom. The van der Waals surface area contributed by atoms with E-state index in [1.54, 1.807) is 0 Å². The summed E-state index contributed by atoms with van der Waals surface area (Å²) in [6.45, 7) is 7.41. The van der Waals surface area contributed by atoms with E-state index >= 15 is 0 Å². The molecule has 1 rings (SSSR count). The van der Waals surface area contributed by atoms with Gasteiger partial charge in [-0.2, -0.15) is 0 Å². The van der Waals surface area contributed by atoms with Gasteiger partial charge < -0.3 is 8.95 Å². The summed E-state index contributed by atoms with van der Waals surface area (Å²) in [5.41, 5.74) is 0. The summed E-state index contributed by atoms with van der Waals surface area (Å²) in [4.78, 5) is 0. The maximum absolute atomic E-state index is 2.54. The molecule has 0 aromatic heterocycles. The van der Waals surface area contributed by atoms with Gasteiger partial charge in [0.1, 0.15) is 0 Å². The minimum atomic E-state index is -1.13. The molecule has 1 heterocycles. The molecule has 0 aliphatic carbocycles. The molecule has 1 fully saturated rings. The largest absolute Gasteiger partial charge is 0.359 e. The van der Waals surface area contributed by atoms with Crippen LogP contribution in [0.5, 0.6) is 0 Å². The maximum Gasteiger partial charge on any atom is 0.178 e. The zero-order valence-corrected chi connectivity index (χ0v) is 8.52. The fourth-order valence-corrected chi connectivity index (χ4v) is 3.38. The predicted molar refractivity (Wildman–Crippen MR) is 52.6 cm³/mol. The third-order valence-corrected chi connectivity index (χ3v) is 7.04. The molecule has 5 heteroatoms. The molecule has 0 unspecified atom stereocenters. The first kappa shape index (κ1) is 8.36. The molecule has 0 N–H and O–H groups in total. The highest BCUT2D eigenvalue weighted by molar-refractivity contribution is 6.79. The average Bonchev–Trinajstić information content (AvgIpc) is 1.84. The first-order valence-electron chi connectivity index (χ1n) is 3.97. The van der Waals surface area contributed by atoms with E-state index in [9.17, 15) is 0 Å². The summed E-state index contributed by atoms with van der Waals surface area (Å²) in [6, 6.07) is 0.